The highest BCUT2D eigenvalue weighted by atomic mass is 16.1. The molecule has 3 heteroatoms. The Balaban J connectivity index is 3.86. The van der Waals surface area contributed by atoms with Gasteiger partial charge in [-0.25, -0.2) is 4.79 Å². The Labute approximate surface area is 117 Å². The van der Waals surface area contributed by atoms with Crippen molar-refractivity contribution in [3.8, 4) is 0 Å². The summed E-state index contributed by atoms with van der Waals surface area (Å²) in [6.07, 6.45) is 13.0. The highest BCUT2D eigenvalue weighted by molar-refractivity contribution is 5.97. The van der Waals surface area contributed by atoms with Crippen LogP contribution in [0.25, 0.3) is 0 Å². The van der Waals surface area contributed by atoms with Crippen LogP contribution in [-0.2, 0) is 9.59 Å². The Kier molecular flexibility index (Phi) is 10.0. The molecular formula is C16H27NO2. The van der Waals surface area contributed by atoms with Crippen molar-refractivity contribution < 1.29 is 9.59 Å². The summed E-state index contributed by atoms with van der Waals surface area (Å²) in [6.45, 7) is 7.35. The van der Waals surface area contributed by atoms with Gasteiger partial charge in [0.25, 0.3) is 0 Å². The van der Waals surface area contributed by atoms with E-state index in [2.05, 4.69) is 18.5 Å². The smallest absolute Gasteiger partial charge is 0.235 e. The summed E-state index contributed by atoms with van der Waals surface area (Å²) in [5, 5.41) is 0. The number of isocyanates is 1. The molecule has 0 radical (unpaired) electrons. The molecule has 0 aliphatic heterocycles. The molecule has 0 amide bonds. The van der Waals surface area contributed by atoms with Gasteiger partial charge in [0, 0.05) is 0 Å². The number of hydrogen-bond acceptors (Lipinski definition) is 3. The highest BCUT2D eigenvalue weighted by Gasteiger charge is 2.29. The van der Waals surface area contributed by atoms with Crippen LogP contribution in [0.3, 0.4) is 0 Å². The topological polar surface area (TPSA) is 46.5 Å². The van der Waals surface area contributed by atoms with Gasteiger partial charge in [-0.05, 0) is 19.4 Å². The van der Waals surface area contributed by atoms with E-state index in [9.17, 15) is 9.59 Å². The Bertz CT molecular complexity index is 319. The van der Waals surface area contributed by atoms with E-state index in [0.717, 1.165) is 12.8 Å². The maximum absolute atomic E-state index is 11.7. The van der Waals surface area contributed by atoms with Crippen molar-refractivity contribution >= 4 is 11.9 Å². The molecule has 0 spiro atoms. The fourth-order valence-corrected chi connectivity index (χ4v) is 2.16. The second-order valence-corrected chi connectivity index (χ2v) is 5.27. The molecule has 1 atom stereocenters. The molecule has 0 saturated heterocycles. The summed E-state index contributed by atoms with van der Waals surface area (Å²) in [4.78, 5) is 25.7. The average Bonchev–Trinajstić information content (AvgIpc) is 2.41. The standard InChI is InChI=1S/C16H27NO2/c1-4-6-7-8-9-10-11-12-13-16(3,17-14-18)15(19)5-2/h5H,2,4,6-13H2,1,3H3. The zero-order valence-electron chi connectivity index (χ0n) is 12.4. The highest BCUT2D eigenvalue weighted by Crippen LogP contribution is 2.21. The molecule has 0 saturated carbocycles. The quantitative estimate of drug-likeness (QED) is 0.228. The predicted molar refractivity (Wildman–Crippen MR) is 79.0 cm³/mol. The predicted octanol–water partition coefficient (Wildman–Crippen LogP) is 4.37. The number of ketones is 1. The monoisotopic (exact) mass is 265 g/mol. The molecule has 0 rings (SSSR count). The van der Waals surface area contributed by atoms with Crippen LogP contribution in [-0.4, -0.2) is 17.4 Å². The largest absolute Gasteiger partial charge is 0.292 e. The Hall–Kier alpha value is -1.21. The molecule has 0 fully saturated rings. The molecule has 0 aliphatic carbocycles. The van der Waals surface area contributed by atoms with Gasteiger partial charge in [0.1, 0.15) is 5.54 Å². The average molecular weight is 265 g/mol. The van der Waals surface area contributed by atoms with Crippen molar-refractivity contribution in [1.29, 1.82) is 0 Å². The van der Waals surface area contributed by atoms with Gasteiger partial charge in [0.15, 0.2) is 5.78 Å². The van der Waals surface area contributed by atoms with Crippen molar-refractivity contribution in [1.82, 2.24) is 0 Å². The summed E-state index contributed by atoms with van der Waals surface area (Å²) < 4.78 is 0. The van der Waals surface area contributed by atoms with Crippen LogP contribution in [0.5, 0.6) is 0 Å². The maximum atomic E-state index is 11.7. The van der Waals surface area contributed by atoms with E-state index in [4.69, 9.17) is 0 Å². The number of carbonyl (C=O) groups excluding carboxylic acids is 2. The molecule has 0 heterocycles. The number of carbonyl (C=O) groups is 1. The van der Waals surface area contributed by atoms with Gasteiger partial charge in [-0.2, -0.15) is 4.99 Å². The third kappa shape index (κ3) is 7.74. The van der Waals surface area contributed by atoms with Gasteiger partial charge in [-0.1, -0.05) is 64.9 Å². The number of rotatable bonds is 12. The summed E-state index contributed by atoms with van der Waals surface area (Å²) >= 11 is 0. The lowest BCUT2D eigenvalue weighted by Gasteiger charge is -2.19. The minimum Gasteiger partial charge on any atom is -0.292 e. The molecule has 3 nitrogen and oxygen atoms in total. The van der Waals surface area contributed by atoms with Crippen molar-refractivity contribution in [2.45, 2.75) is 77.2 Å². The van der Waals surface area contributed by atoms with Crippen molar-refractivity contribution in [2.24, 2.45) is 4.99 Å². The lowest BCUT2D eigenvalue weighted by molar-refractivity contribution is -0.119. The van der Waals surface area contributed by atoms with Crippen LogP contribution < -0.4 is 0 Å². The van der Waals surface area contributed by atoms with E-state index in [1.807, 2.05) is 0 Å². The van der Waals surface area contributed by atoms with Crippen LogP contribution in [0.15, 0.2) is 17.6 Å². The van der Waals surface area contributed by atoms with Gasteiger partial charge in [-0.3, -0.25) is 4.79 Å². The first-order chi connectivity index (χ1) is 9.10. The van der Waals surface area contributed by atoms with Crippen LogP contribution in [0.2, 0.25) is 0 Å². The Morgan fingerprint density at radius 1 is 1.16 bits per heavy atom. The molecule has 0 aromatic rings. The zero-order chi connectivity index (χ0) is 14.6. The minimum absolute atomic E-state index is 0.196. The molecule has 0 aromatic carbocycles. The first-order valence-electron chi connectivity index (χ1n) is 7.36. The third-order valence-electron chi connectivity index (χ3n) is 3.53. The second kappa shape index (κ2) is 10.7. The summed E-state index contributed by atoms with van der Waals surface area (Å²) in [7, 11) is 0. The maximum Gasteiger partial charge on any atom is 0.235 e. The third-order valence-corrected chi connectivity index (χ3v) is 3.53. The van der Waals surface area contributed by atoms with E-state index in [-0.39, 0.29) is 5.78 Å². The first-order valence-corrected chi connectivity index (χ1v) is 7.36. The number of unbranched alkanes of at least 4 members (excludes halogenated alkanes) is 7. The lowest BCUT2D eigenvalue weighted by atomic mass is 9.90. The van der Waals surface area contributed by atoms with E-state index >= 15 is 0 Å². The summed E-state index contributed by atoms with van der Waals surface area (Å²) in [5.41, 5.74) is -0.953. The van der Waals surface area contributed by atoms with Crippen LogP contribution in [0, 0.1) is 0 Å². The molecule has 0 bridgehead atoms. The van der Waals surface area contributed by atoms with Gasteiger partial charge in [-0.15, -0.1) is 0 Å². The van der Waals surface area contributed by atoms with Gasteiger partial charge in [0.05, 0.1) is 0 Å². The number of hydrogen-bond donors (Lipinski definition) is 0. The van der Waals surface area contributed by atoms with Crippen molar-refractivity contribution in [2.75, 3.05) is 0 Å². The molecule has 0 aliphatic rings. The normalized spacial score (nSPS) is 13.4. The van der Waals surface area contributed by atoms with E-state index in [1.165, 1.54) is 50.7 Å². The zero-order valence-corrected chi connectivity index (χ0v) is 12.4. The molecule has 1 unspecified atom stereocenters. The number of nitrogens with zero attached hydrogens (tertiary/aromatic N) is 1. The van der Waals surface area contributed by atoms with Crippen LogP contribution in [0.1, 0.15) is 71.6 Å². The first kappa shape index (κ1) is 17.8. The number of aliphatic imine (C=N–C) groups is 1. The second-order valence-electron chi connectivity index (χ2n) is 5.27. The molecular weight excluding hydrogens is 238 g/mol. The molecule has 0 aromatic heterocycles. The lowest BCUT2D eigenvalue weighted by Crippen LogP contribution is -2.31. The Morgan fingerprint density at radius 3 is 2.16 bits per heavy atom. The van der Waals surface area contributed by atoms with E-state index in [0.29, 0.717) is 6.42 Å². The minimum atomic E-state index is -0.953. The van der Waals surface area contributed by atoms with E-state index in [1.54, 1.807) is 6.92 Å². The SMILES string of the molecule is C=CC(=O)C(C)(CCCCCCCCCC)N=C=O. The summed E-state index contributed by atoms with van der Waals surface area (Å²) in [5.74, 6) is -0.196. The van der Waals surface area contributed by atoms with Crippen molar-refractivity contribution in [3.63, 3.8) is 0 Å². The van der Waals surface area contributed by atoms with Crippen molar-refractivity contribution in [3.05, 3.63) is 12.7 Å². The molecule has 108 valence electrons. The van der Waals surface area contributed by atoms with Crippen LogP contribution >= 0.6 is 0 Å². The van der Waals surface area contributed by atoms with Gasteiger partial charge in [0.2, 0.25) is 6.08 Å². The fourth-order valence-electron chi connectivity index (χ4n) is 2.16. The van der Waals surface area contributed by atoms with Gasteiger partial charge < -0.3 is 0 Å². The van der Waals surface area contributed by atoms with Gasteiger partial charge >= 0.3 is 0 Å². The fraction of sp³-hybridized carbons (Fsp3) is 0.750. The molecule has 0 N–H and O–H groups in total. The molecule has 19 heavy (non-hydrogen) atoms. The summed E-state index contributed by atoms with van der Waals surface area (Å²) in [6, 6.07) is 0. The Morgan fingerprint density at radius 2 is 1.68 bits per heavy atom. The van der Waals surface area contributed by atoms with Crippen LogP contribution in [0.4, 0.5) is 0 Å². The van der Waals surface area contributed by atoms with E-state index < -0.39 is 5.54 Å².